The number of nitrogens with one attached hydrogen (secondary N) is 1. The number of carboxylic acid groups (broad SMARTS) is 1. The van der Waals surface area contributed by atoms with Crippen molar-refractivity contribution in [3.05, 3.63) is 35.4 Å². The van der Waals surface area contributed by atoms with Crippen molar-refractivity contribution >= 4 is 17.9 Å². The second kappa shape index (κ2) is 4.25. The van der Waals surface area contributed by atoms with E-state index in [-0.39, 0.29) is 24.6 Å². The van der Waals surface area contributed by atoms with Crippen molar-refractivity contribution in [2.24, 2.45) is 0 Å². The second-order valence-electron chi connectivity index (χ2n) is 3.64. The number of benzene rings is 1. The van der Waals surface area contributed by atoms with Crippen molar-refractivity contribution in [1.29, 1.82) is 0 Å². The topological polar surface area (TPSA) is 86.7 Å². The molecule has 2 rings (SSSR count). The summed E-state index contributed by atoms with van der Waals surface area (Å²) in [7, 11) is 0. The van der Waals surface area contributed by atoms with Crippen molar-refractivity contribution in [3.63, 3.8) is 0 Å². The van der Waals surface area contributed by atoms with Crippen LogP contribution in [0.5, 0.6) is 0 Å². The van der Waals surface area contributed by atoms with Crippen LogP contribution in [0.1, 0.15) is 15.9 Å². The highest BCUT2D eigenvalue weighted by Gasteiger charge is 2.28. The average Bonchev–Trinajstić information content (AvgIpc) is 2.61. The van der Waals surface area contributed by atoms with Gasteiger partial charge in [-0.05, 0) is 17.7 Å². The summed E-state index contributed by atoms with van der Waals surface area (Å²) in [6.07, 6.45) is 0. The fourth-order valence-electron chi connectivity index (χ4n) is 1.55. The molecule has 1 saturated heterocycles. The van der Waals surface area contributed by atoms with Crippen molar-refractivity contribution < 1.29 is 19.5 Å². The Morgan fingerprint density at radius 2 is 1.94 bits per heavy atom. The van der Waals surface area contributed by atoms with Crippen LogP contribution in [0.4, 0.5) is 4.79 Å². The third-order valence-electron chi connectivity index (χ3n) is 2.48. The lowest BCUT2D eigenvalue weighted by atomic mass is 10.1. The number of amides is 3. The molecule has 1 aromatic rings. The Morgan fingerprint density at radius 3 is 2.41 bits per heavy atom. The first-order chi connectivity index (χ1) is 8.08. The molecule has 17 heavy (non-hydrogen) atoms. The van der Waals surface area contributed by atoms with Crippen LogP contribution < -0.4 is 5.32 Å². The van der Waals surface area contributed by atoms with Gasteiger partial charge in [-0.1, -0.05) is 12.1 Å². The molecule has 2 N–H and O–H groups in total. The van der Waals surface area contributed by atoms with Crippen molar-refractivity contribution in [3.8, 4) is 0 Å². The van der Waals surface area contributed by atoms with Gasteiger partial charge in [-0.15, -0.1) is 0 Å². The predicted molar refractivity (Wildman–Crippen MR) is 57.4 cm³/mol. The van der Waals surface area contributed by atoms with Gasteiger partial charge < -0.3 is 10.4 Å². The number of aromatic carboxylic acids is 1. The van der Waals surface area contributed by atoms with E-state index in [9.17, 15) is 14.4 Å². The fraction of sp³-hybridized carbons (Fsp3) is 0.182. The molecule has 0 radical (unpaired) electrons. The summed E-state index contributed by atoms with van der Waals surface area (Å²) in [5.74, 6) is -1.29. The minimum atomic E-state index is -1.01. The monoisotopic (exact) mass is 234 g/mol. The molecule has 1 heterocycles. The lowest BCUT2D eigenvalue weighted by Gasteiger charge is -2.12. The number of imide groups is 1. The first-order valence-corrected chi connectivity index (χ1v) is 4.98. The second-order valence-corrected chi connectivity index (χ2v) is 3.64. The number of rotatable bonds is 3. The SMILES string of the molecule is O=C(O)c1ccc(CN2C(=O)CNC2=O)cc1. The summed E-state index contributed by atoms with van der Waals surface area (Å²) in [4.78, 5) is 34.3. The molecule has 0 bridgehead atoms. The molecule has 0 saturated carbocycles. The van der Waals surface area contributed by atoms with Crippen LogP contribution in [0.3, 0.4) is 0 Å². The number of carbonyl (C=O) groups is 3. The maximum Gasteiger partial charge on any atom is 0.335 e. The summed E-state index contributed by atoms with van der Waals surface area (Å²) in [6, 6.07) is 5.63. The molecule has 0 spiro atoms. The molecule has 0 aliphatic carbocycles. The van der Waals surface area contributed by atoms with Crippen molar-refractivity contribution in [2.75, 3.05) is 6.54 Å². The number of nitrogens with zero attached hydrogens (tertiary/aromatic N) is 1. The fourth-order valence-corrected chi connectivity index (χ4v) is 1.55. The van der Waals surface area contributed by atoms with Gasteiger partial charge in [0.15, 0.2) is 0 Å². The molecule has 6 nitrogen and oxygen atoms in total. The molecule has 1 aromatic carbocycles. The van der Waals surface area contributed by atoms with Crippen LogP contribution in [-0.2, 0) is 11.3 Å². The summed E-state index contributed by atoms with van der Waals surface area (Å²) < 4.78 is 0. The van der Waals surface area contributed by atoms with Gasteiger partial charge in [0.05, 0.1) is 18.7 Å². The van der Waals surface area contributed by atoms with E-state index in [4.69, 9.17) is 5.11 Å². The van der Waals surface area contributed by atoms with E-state index in [1.165, 1.54) is 12.1 Å². The van der Waals surface area contributed by atoms with Gasteiger partial charge in [0.25, 0.3) is 0 Å². The van der Waals surface area contributed by atoms with Crippen LogP contribution in [0.15, 0.2) is 24.3 Å². The Balaban J connectivity index is 2.11. The zero-order chi connectivity index (χ0) is 12.4. The smallest absolute Gasteiger partial charge is 0.335 e. The molecule has 0 unspecified atom stereocenters. The molecule has 1 aliphatic heterocycles. The molecule has 88 valence electrons. The highest BCUT2D eigenvalue weighted by molar-refractivity contribution is 6.01. The zero-order valence-electron chi connectivity index (χ0n) is 8.84. The molecule has 3 amide bonds. The molecule has 0 aromatic heterocycles. The number of hydrogen-bond donors (Lipinski definition) is 2. The van der Waals surface area contributed by atoms with Gasteiger partial charge in [-0.25, -0.2) is 9.59 Å². The Hall–Kier alpha value is -2.37. The van der Waals surface area contributed by atoms with E-state index in [2.05, 4.69) is 5.32 Å². The Kier molecular flexibility index (Phi) is 2.78. The predicted octanol–water partition coefficient (Wildman–Crippen LogP) is 0.437. The van der Waals surface area contributed by atoms with Gasteiger partial charge >= 0.3 is 12.0 Å². The van der Waals surface area contributed by atoms with E-state index >= 15 is 0 Å². The first-order valence-electron chi connectivity index (χ1n) is 4.98. The maximum atomic E-state index is 11.3. The van der Waals surface area contributed by atoms with Crippen molar-refractivity contribution in [2.45, 2.75) is 6.54 Å². The van der Waals surface area contributed by atoms with Crippen LogP contribution in [0.25, 0.3) is 0 Å². The van der Waals surface area contributed by atoms with Gasteiger partial charge in [0.1, 0.15) is 0 Å². The molecule has 1 fully saturated rings. The molecular formula is C11H10N2O4. The normalized spacial score (nSPS) is 14.9. The molecular weight excluding hydrogens is 224 g/mol. The van der Waals surface area contributed by atoms with Crippen LogP contribution in [0.2, 0.25) is 0 Å². The molecule has 1 aliphatic rings. The summed E-state index contributed by atoms with van der Waals surface area (Å²) in [5, 5.41) is 11.1. The molecule has 6 heteroatoms. The summed E-state index contributed by atoms with van der Waals surface area (Å²) in [5.41, 5.74) is 0.881. The zero-order valence-corrected chi connectivity index (χ0v) is 8.84. The summed E-state index contributed by atoms with van der Waals surface area (Å²) >= 11 is 0. The van der Waals surface area contributed by atoms with E-state index in [1.807, 2.05) is 0 Å². The van der Waals surface area contributed by atoms with E-state index < -0.39 is 12.0 Å². The van der Waals surface area contributed by atoms with Gasteiger partial charge in [0.2, 0.25) is 5.91 Å². The lowest BCUT2D eigenvalue weighted by Crippen LogP contribution is -2.30. The minimum Gasteiger partial charge on any atom is -0.478 e. The largest absolute Gasteiger partial charge is 0.478 e. The Bertz CT molecular complexity index is 465. The number of carboxylic acids is 1. The maximum absolute atomic E-state index is 11.3. The van der Waals surface area contributed by atoms with Crippen LogP contribution >= 0.6 is 0 Å². The third kappa shape index (κ3) is 2.25. The van der Waals surface area contributed by atoms with Gasteiger partial charge in [-0.2, -0.15) is 0 Å². The number of hydrogen-bond acceptors (Lipinski definition) is 3. The first kappa shape index (κ1) is 11.1. The number of carbonyl (C=O) groups excluding carboxylic acids is 2. The van der Waals surface area contributed by atoms with Gasteiger partial charge in [-0.3, -0.25) is 9.69 Å². The highest BCUT2D eigenvalue weighted by Crippen LogP contribution is 2.10. The van der Waals surface area contributed by atoms with Crippen molar-refractivity contribution in [1.82, 2.24) is 10.2 Å². The standard InChI is InChI=1S/C11H10N2O4/c14-9-5-12-11(17)13(9)6-7-1-3-8(4-2-7)10(15)16/h1-4H,5-6H2,(H,12,17)(H,15,16). The summed E-state index contributed by atoms with van der Waals surface area (Å²) in [6.45, 7) is 0.177. The van der Waals surface area contributed by atoms with Crippen LogP contribution in [0, 0.1) is 0 Å². The Labute approximate surface area is 96.8 Å². The lowest BCUT2D eigenvalue weighted by molar-refractivity contribution is -0.125. The number of urea groups is 1. The third-order valence-corrected chi connectivity index (χ3v) is 2.48. The molecule has 0 atom stereocenters. The average molecular weight is 234 g/mol. The quantitative estimate of drug-likeness (QED) is 0.743. The van der Waals surface area contributed by atoms with E-state index in [0.29, 0.717) is 5.56 Å². The van der Waals surface area contributed by atoms with E-state index in [1.54, 1.807) is 12.1 Å². The Morgan fingerprint density at radius 1 is 1.29 bits per heavy atom. The van der Waals surface area contributed by atoms with Crippen LogP contribution in [-0.4, -0.2) is 34.5 Å². The minimum absolute atomic E-state index is 0.0199. The van der Waals surface area contributed by atoms with E-state index in [0.717, 1.165) is 4.90 Å². The van der Waals surface area contributed by atoms with Gasteiger partial charge in [0, 0.05) is 0 Å². The highest BCUT2D eigenvalue weighted by atomic mass is 16.4.